The lowest BCUT2D eigenvalue weighted by molar-refractivity contribution is 0.954. The number of fused-ring (bicyclic) bond motifs is 3. The molecule has 1 aromatic carbocycles. The van der Waals surface area contributed by atoms with Gasteiger partial charge in [0.05, 0.1) is 5.52 Å². The van der Waals surface area contributed by atoms with Crippen molar-refractivity contribution in [3.63, 3.8) is 0 Å². The molecule has 0 aliphatic heterocycles. The summed E-state index contributed by atoms with van der Waals surface area (Å²) in [6.45, 7) is 1.83. The lowest BCUT2D eigenvalue weighted by Crippen LogP contribution is -1.93. The van der Waals surface area contributed by atoms with E-state index in [-0.39, 0.29) is 0 Å². The molecule has 2 heterocycles. The van der Waals surface area contributed by atoms with Gasteiger partial charge in [-0.15, -0.1) is 10.2 Å². The Morgan fingerprint density at radius 2 is 1.87 bits per heavy atom. The van der Waals surface area contributed by atoms with Crippen LogP contribution in [0.3, 0.4) is 0 Å². The second-order valence-electron chi connectivity index (χ2n) is 3.36. The van der Waals surface area contributed by atoms with Crippen LogP contribution < -0.4 is 0 Å². The molecule has 4 heteroatoms. The summed E-state index contributed by atoms with van der Waals surface area (Å²) in [6, 6.07) is 7.73. The van der Waals surface area contributed by atoms with Crippen molar-refractivity contribution in [2.75, 3.05) is 0 Å². The Labute approximate surface area is 86.0 Å². The van der Waals surface area contributed by atoms with Gasteiger partial charge >= 0.3 is 0 Å². The fourth-order valence-corrected chi connectivity index (χ4v) is 1.63. The van der Waals surface area contributed by atoms with Crippen molar-refractivity contribution in [1.82, 2.24) is 20.2 Å². The molecule has 0 fully saturated rings. The molecule has 4 nitrogen and oxygen atoms in total. The first-order valence-corrected chi connectivity index (χ1v) is 4.69. The molecule has 3 aromatic rings. The maximum atomic E-state index is 4.39. The highest BCUT2D eigenvalue weighted by atomic mass is 15.1. The Kier molecular flexibility index (Phi) is 1.62. The van der Waals surface area contributed by atoms with Gasteiger partial charge in [-0.2, -0.15) is 0 Å². The summed E-state index contributed by atoms with van der Waals surface area (Å²) in [5, 5.41) is 9.04. The predicted octanol–water partition coefficient (Wildman–Crippen LogP) is 1.88. The van der Waals surface area contributed by atoms with Gasteiger partial charge in [-0.3, -0.25) is 4.98 Å². The summed E-state index contributed by atoms with van der Waals surface area (Å²) < 4.78 is 0. The molecular formula is C11H8N4. The minimum atomic E-state index is 0.679. The van der Waals surface area contributed by atoms with E-state index >= 15 is 0 Å². The standard InChI is InChI=1S/C11H8N4/c1-7-13-11-8-3-2-6-12-9(8)4-5-10(11)15-14-7/h2-6H,1H3. The largest absolute Gasteiger partial charge is 0.256 e. The molecule has 0 atom stereocenters. The van der Waals surface area contributed by atoms with Crippen molar-refractivity contribution in [1.29, 1.82) is 0 Å². The van der Waals surface area contributed by atoms with Crippen LogP contribution >= 0.6 is 0 Å². The van der Waals surface area contributed by atoms with E-state index < -0.39 is 0 Å². The van der Waals surface area contributed by atoms with E-state index in [1.807, 2.05) is 31.2 Å². The number of benzene rings is 1. The van der Waals surface area contributed by atoms with Crippen LogP contribution in [0.25, 0.3) is 21.9 Å². The summed E-state index contributed by atoms with van der Waals surface area (Å²) in [4.78, 5) is 8.66. The Morgan fingerprint density at radius 1 is 1.00 bits per heavy atom. The molecule has 0 bridgehead atoms. The van der Waals surface area contributed by atoms with Crippen LogP contribution in [0.1, 0.15) is 5.82 Å². The van der Waals surface area contributed by atoms with Gasteiger partial charge in [0.2, 0.25) is 0 Å². The number of nitrogens with zero attached hydrogens (tertiary/aromatic N) is 4. The second-order valence-corrected chi connectivity index (χ2v) is 3.36. The van der Waals surface area contributed by atoms with Crippen molar-refractivity contribution < 1.29 is 0 Å². The van der Waals surface area contributed by atoms with Crippen LogP contribution in [-0.4, -0.2) is 20.2 Å². The highest BCUT2D eigenvalue weighted by molar-refractivity contribution is 6.01. The smallest absolute Gasteiger partial charge is 0.148 e. The summed E-state index contributed by atoms with van der Waals surface area (Å²) in [6.07, 6.45) is 1.77. The average molecular weight is 196 g/mol. The molecular weight excluding hydrogens is 188 g/mol. The van der Waals surface area contributed by atoms with E-state index in [1.165, 1.54) is 0 Å². The van der Waals surface area contributed by atoms with Gasteiger partial charge in [0.1, 0.15) is 16.9 Å². The van der Waals surface area contributed by atoms with Gasteiger partial charge in [-0.25, -0.2) is 4.98 Å². The van der Waals surface area contributed by atoms with Gasteiger partial charge in [-0.05, 0) is 31.2 Å². The molecule has 0 saturated heterocycles. The maximum Gasteiger partial charge on any atom is 0.148 e. The summed E-state index contributed by atoms with van der Waals surface area (Å²) in [7, 11) is 0. The van der Waals surface area contributed by atoms with Crippen LogP contribution in [0.5, 0.6) is 0 Å². The minimum absolute atomic E-state index is 0.679. The van der Waals surface area contributed by atoms with Crippen molar-refractivity contribution in [2.24, 2.45) is 0 Å². The lowest BCUT2D eigenvalue weighted by atomic mass is 10.2. The molecule has 3 rings (SSSR count). The van der Waals surface area contributed by atoms with Crippen LogP contribution in [0.15, 0.2) is 30.5 Å². The quantitative estimate of drug-likeness (QED) is 0.515. The number of hydrogen-bond acceptors (Lipinski definition) is 4. The average Bonchev–Trinajstić information content (AvgIpc) is 2.29. The zero-order chi connectivity index (χ0) is 10.3. The second kappa shape index (κ2) is 2.95. The molecule has 0 aliphatic carbocycles. The van der Waals surface area contributed by atoms with E-state index in [9.17, 15) is 0 Å². The normalized spacial score (nSPS) is 11.0. The number of pyridine rings is 1. The van der Waals surface area contributed by atoms with E-state index in [0.29, 0.717) is 5.82 Å². The Hall–Kier alpha value is -2.10. The Bertz CT molecular complexity index is 648. The number of aryl methyl sites for hydroxylation is 1. The third-order valence-corrected chi connectivity index (χ3v) is 2.31. The zero-order valence-electron chi connectivity index (χ0n) is 8.18. The highest BCUT2D eigenvalue weighted by Crippen LogP contribution is 2.19. The van der Waals surface area contributed by atoms with E-state index in [4.69, 9.17) is 0 Å². The number of aromatic nitrogens is 4. The fourth-order valence-electron chi connectivity index (χ4n) is 1.63. The topological polar surface area (TPSA) is 51.6 Å². The molecule has 2 aromatic heterocycles. The first-order valence-electron chi connectivity index (χ1n) is 4.69. The van der Waals surface area contributed by atoms with Gasteiger partial charge < -0.3 is 0 Å². The van der Waals surface area contributed by atoms with Gasteiger partial charge in [0, 0.05) is 11.6 Å². The van der Waals surface area contributed by atoms with Crippen molar-refractivity contribution in [3.8, 4) is 0 Å². The van der Waals surface area contributed by atoms with Gasteiger partial charge in [0.15, 0.2) is 0 Å². The number of rotatable bonds is 0. The Morgan fingerprint density at radius 3 is 2.80 bits per heavy atom. The first kappa shape index (κ1) is 8.23. The van der Waals surface area contributed by atoms with E-state index in [0.717, 1.165) is 21.9 Å². The van der Waals surface area contributed by atoms with E-state index in [2.05, 4.69) is 20.2 Å². The van der Waals surface area contributed by atoms with Crippen LogP contribution in [-0.2, 0) is 0 Å². The predicted molar refractivity (Wildman–Crippen MR) is 57.4 cm³/mol. The van der Waals surface area contributed by atoms with Gasteiger partial charge in [0.25, 0.3) is 0 Å². The number of hydrogen-bond donors (Lipinski definition) is 0. The molecule has 0 aliphatic rings. The molecule has 0 amide bonds. The summed E-state index contributed by atoms with van der Waals surface area (Å²) in [5.74, 6) is 0.679. The molecule has 0 saturated carbocycles. The van der Waals surface area contributed by atoms with Gasteiger partial charge in [-0.1, -0.05) is 0 Å². The van der Waals surface area contributed by atoms with E-state index in [1.54, 1.807) is 6.20 Å². The SMILES string of the molecule is Cc1nnc2ccc3ncccc3c2n1. The van der Waals surface area contributed by atoms with Crippen molar-refractivity contribution in [2.45, 2.75) is 6.92 Å². The molecule has 0 N–H and O–H groups in total. The van der Waals surface area contributed by atoms with Crippen molar-refractivity contribution >= 4 is 21.9 Å². The molecule has 0 spiro atoms. The monoisotopic (exact) mass is 196 g/mol. The van der Waals surface area contributed by atoms with Crippen LogP contribution in [0.2, 0.25) is 0 Å². The molecule has 0 unspecified atom stereocenters. The molecule has 15 heavy (non-hydrogen) atoms. The van der Waals surface area contributed by atoms with Crippen LogP contribution in [0.4, 0.5) is 0 Å². The molecule has 72 valence electrons. The third kappa shape index (κ3) is 1.22. The fraction of sp³-hybridized carbons (Fsp3) is 0.0909. The van der Waals surface area contributed by atoms with Crippen molar-refractivity contribution in [3.05, 3.63) is 36.3 Å². The lowest BCUT2D eigenvalue weighted by Gasteiger charge is -2.00. The summed E-state index contributed by atoms with van der Waals surface area (Å²) >= 11 is 0. The minimum Gasteiger partial charge on any atom is -0.256 e. The van der Waals surface area contributed by atoms with Crippen LogP contribution in [0, 0.1) is 6.92 Å². The maximum absolute atomic E-state index is 4.39. The first-order chi connectivity index (χ1) is 7.34. The Balaban J connectivity index is 2.57. The molecule has 0 radical (unpaired) electrons. The third-order valence-electron chi connectivity index (χ3n) is 2.31. The zero-order valence-corrected chi connectivity index (χ0v) is 8.18. The summed E-state index contributed by atoms with van der Waals surface area (Å²) in [5.41, 5.74) is 2.61. The highest BCUT2D eigenvalue weighted by Gasteiger charge is 2.03.